The molecule has 0 saturated carbocycles. The van der Waals surface area contributed by atoms with Crippen molar-refractivity contribution in [2.45, 2.75) is 19.8 Å². The van der Waals surface area contributed by atoms with Gasteiger partial charge in [0, 0.05) is 25.5 Å². The summed E-state index contributed by atoms with van der Waals surface area (Å²) in [4.78, 5) is 23.1. The Kier molecular flexibility index (Phi) is 4.76. The minimum Gasteiger partial charge on any atom is -0.341 e. The van der Waals surface area contributed by atoms with E-state index < -0.39 is 0 Å². The average Bonchev–Trinajstić information content (AvgIpc) is 2.57. The Labute approximate surface area is 140 Å². The summed E-state index contributed by atoms with van der Waals surface area (Å²) in [6.07, 6.45) is 5.52. The van der Waals surface area contributed by atoms with Gasteiger partial charge in [-0.3, -0.25) is 4.79 Å². The van der Waals surface area contributed by atoms with E-state index in [-0.39, 0.29) is 5.91 Å². The number of hydrogen-bond donors (Lipinski definition) is 1. The van der Waals surface area contributed by atoms with Crippen LogP contribution in [0, 0.1) is 5.92 Å². The molecule has 1 unspecified atom stereocenters. The minimum atomic E-state index is -0.267. The number of piperidine rings is 1. The Morgan fingerprint density at radius 1 is 1.30 bits per heavy atom. The molecule has 1 aliphatic heterocycles. The number of benzene rings is 1. The lowest BCUT2D eigenvalue weighted by molar-refractivity contribution is 0.102. The topological polar surface area (TPSA) is 58.1 Å². The van der Waals surface area contributed by atoms with Crippen molar-refractivity contribution in [3.05, 3.63) is 47.2 Å². The molecule has 1 aromatic heterocycles. The first kappa shape index (κ1) is 15.7. The summed E-state index contributed by atoms with van der Waals surface area (Å²) < 4.78 is 0. The van der Waals surface area contributed by atoms with Gasteiger partial charge in [-0.1, -0.05) is 30.7 Å². The summed E-state index contributed by atoms with van der Waals surface area (Å²) in [6.45, 7) is 4.16. The van der Waals surface area contributed by atoms with E-state index in [1.54, 1.807) is 24.5 Å². The molecular weight excluding hydrogens is 312 g/mol. The molecule has 0 radical (unpaired) electrons. The molecule has 0 bridgehead atoms. The highest BCUT2D eigenvalue weighted by molar-refractivity contribution is 6.33. The fourth-order valence-corrected chi connectivity index (χ4v) is 2.91. The van der Waals surface area contributed by atoms with Gasteiger partial charge in [0.1, 0.15) is 0 Å². The van der Waals surface area contributed by atoms with Crippen LogP contribution in [0.2, 0.25) is 5.02 Å². The fraction of sp³-hybridized carbons (Fsp3) is 0.353. The Morgan fingerprint density at radius 3 is 2.74 bits per heavy atom. The molecule has 1 amide bonds. The van der Waals surface area contributed by atoms with Gasteiger partial charge in [-0.2, -0.15) is 0 Å². The SMILES string of the molecule is CC1CCCN(c2ncc(C(=O)Nc3ccccc3Cl)cn2)C1. The lowest BCUT2D eigenvalue weighted by Crippen LogP contribution is -2.35. The van der Waals surface area contributed by atoms with Crippen LogP contribution in [-0.2, 0) is 0 Å². The maximum Gasteiger partial charge on any atom is 0.258 e. The number of carbonyl (C=O) groups excluding carboxylic acids is 1. The van der Waals surface area contributed by atoms with Crippen LogP contribution in [0.5, 0.6) is 0 Å². The molecule has 2 heterocycles. The van der Waals surface area contributed by atoms with Gasteiger partial charge in [-0.25, -0.2) is 9.97 Å². The predicted molar refractivity (Wildman–Crippen MR) is 92.0 cm³/mol. The van der Waals surface area contributed by atoms with Crippen molar-refractivity contribution in [1.29, 1.82) is 0 Å². The highest BCUT2D eigenvalue weighted by Crippen LogP contribution is 2.22. The van der Waals surface area contributed by atoms with Crippen LogP contribution in [0.1, 0.15) is 30.1 Å². The zero-order chi connectivity index (χ0) is 16.2. The summed E-state index contributed by atoms with van der Waals surface area (Å²) in [5.74, 6) is 1.07. The smallest absolute Gasteiger partial charge is 0.258 e. The second-order valence-electron chi connectivity index (χ2n) is 5.90. The molecule has 120 valence electrons. The van der Waals surface area contributed by atoms with Crippen LogP contribution in [0.15, 0.2) is 36.7 Å². The van der Waals surface area contributed by atoms with E-state index in [2.05, 4.69) is 27.1 Å². The Hall–Kier alpha value is -2.14. The maximum atomic E-state index is 12.2. The summed E-state index contributed by atoms with van der Waals surface area (Å²) in [6, 6.07) is 7.12. The number of amides is 1. The van der Waals surface area contributed by atoms with Gasteiger partial charge in [-0.15, -0.1) is 0 Å². The van der Waals surface area contributed by atoms with Crippen molar-refractivity contribution in [1.82, 2.24) is 9.97 Å². The van der Waals surface area contributed by atoms with Crippen molar-refractivity contribution >= 4 is 29.1 Å². The average molecular weight is 331 g/mol. The van der Waals surface area contributed by atoms with Crippen LogP contribution < -0.4 is 10.2 Å². The molecule has 1 fully saturated rings. The normalized spacial score (nSPS) is 17.8. The number of rotatable bonds is 3. The van der Waals surface area contributed by atoms with Crippen molar-refractivity contribution in [2.75, 3.05) is 23.3 Å². The Bertz CT molecular complexity index is 689. The molecule has 5 nitrogen and oxygen atoms in total. The number of nitrogens with one attached hydrogen (secondary N) is 1. The van der Waals surface area contributed by atoms with Gasteiger partial charge in [0.05, 0.1) is 16.3 Å². The van der Waals surface area contributed by atoms with Gasteiger partial charge in [0.25, 0.3) is 5.91 Å². The first-order valence-corrected chi connectivity index (χ1v) is 8.14. The number of para-hydroxylation sites is 1. The number of carbonyl (C=O) groups is 1. The van der Waals surface area contributed by atoms with Crippen molar-refractivity contribution in [2.24, 2.45) is 5.92 Å². The van der Waals surface area contributed by atoms with Gasteiger partial charge in [0.2, 0.25) is 5.95 Å². The number of halogens is 1. The second kappa shape index (κ2) is 6.96. The monoisotopic (exact) mass is 330 g/mol. The van der Waals surface area contributed by atoms with E-state index in [0.717, 1.165) is 19.5 Å². The van der Waals surface area contributed by atoms with Gasteiger partial charge in [0.15, 0.2) is 0 Å². The van der Waals surface area contributed by atoms with E-state index >= 15 is 0 Å². The maximum absolute atomic E-state index is 12.2. The first-order valence-electron chi connectivity index (χ1n) is 7.76. The third-order valence-electron chi connectivity index (χ3n) is 3.96. The molecule has 2 aromatic rings. The van der Waals surface area contributed by atoms with Gasteiger partial charge in [-0.05, 0) is 30.9 Å². The van der Waals surface area contributed by atoms with Crippen molar-refractivity contribution in [3.63, 3.8) is 0 Å². The highest BCUT2D eigenvalue weighted by Gasteiger charge is 2.19. The Balaban J connectivity index is 1.69. The molecule has 6 heteroatoms. The van der Waals surface area contributed by atoms with E-state index in [1.807, 2.05) is 12.1 Å². The summed E-state index contributed by atoms with van der Waals surface area (Å²) >= 11 is 6.04. The lowest BCUT2D eigenvalue weighted by Gasteiger charge is -2.30. The van der Waals surface area contributed by atoms with Crippen LogP contribution in [0.25, 0.3) is 0 Å². The number of nitrogens with zero attached hydrogens (tertiary/aromatic N) is 3. The first-order chi connectivity index (χ1) is 11.1. The largest absolute Gasteiger partial charge is 0.341 e. The number of anilines is 2. The van der Waals surface area contributed by atoms with Gasteiger partial charge < -0.3 is 10.2 Å². The van der Waals surface area contributed by atoms with E-state index in [9.17, 15) is 4.79 Å². The molecule has 23 heavy (non-hydrogen) atoms. The van der Waals surface area contributed by atoms with Crippen LogP contribution >= 0.6 is 11.6 Å². The van der Waals surface area contributed by atoms with Crippen molar-refractivity contribution < 1.29 is 4.79 Å². The van der Waals surface area contributed by atoms with Crippen LogP contribution in [0.4, 0.5) is 11.6 Å². The molecule has 0 spiro atoms. The standard InChI is InChI=1S/C17H19ClN4O/c1-12-5-4-8-22(11-12)17-19-9-13(10-20-17)16(23)21-15-7-3-2-6-14(15)18/h2-3,6-7,9-10,12H,4-5,8,11H2,1H3,(H,21,23). The molecule has 3 rings (SSSR count). The molecule has 1 atom stereocenters. The highest BCUT2D eigenvalue weighted by atomic mass is 35.5. The molecule has 1 saturated heterocycles. The molecule has 1 aromatic carbocycles. The van der Waals surface area contributed by atoms with Crippen molar-refractivity contribution in [3.8, 4) is 0 Å². The number of hydrogen-bond acceptors (Lipinski definition) is 4. The van der Waals surface area contributed by atoms with E-state index in [4.69, 9.17) is 11.6 Å². The third kappa shape index (κ3) is 3.79. The predicted octanol–water partition coefficient (Wildman–Crippen LogP) is 3.62. The molecular formula is C17H19ClN4O. The zero-order valence-electron chi connectivity index (χ0n) is 13.0. The minimum absolute atomic E-state index is 0.267. The second-order valence-corrected chi connectivity index (χ2v) is 6.31. The summed E-state index contributed by atoms with van der Waals surface area (Å²) in [5, 5.41) is 3.27. The molecule has 1 aliphatic rings. The van der Waals surface area contributed by atoms with E-state index in [1.165, 1.54) is 6.42 Å². The van der Waals surface area contributed by atoms with Gasteiger partial charge >= 0.3 is 0 Å². The molecule has 1 N–H and O–H groups in total. The Morgan fingerprint density at radius 2 is 2.04 bits per heavy atom. The zero-order valence-corrected chi connectivity index (χ0v) is 13.8. The summed E-state index contributed by atoms with van der Waals surface area (Å²) in [5.41, 5.74) is 0.992. The quantitative estimate of drug-likeness (QED) is 0.933. The van der Waals surface area contributed by atoms with Crippen LogP contribution in [0.3, 0.4) is 0 Å². The third-order valence-corrected chi connectivity index (χ3v) is 4.29. The summed E-state index contributed by atoms with van der Waals surface area (Å²) in [7, 11) is 0. The fourth-order valence-electron chi connectivity index (χ4n) is 2.73. The lowest BCUT2D eigenvalue weighted by atomic mass is 10.0. The molecule has 0 aliphatic carbocycles. The van der Waals surface area contributed by atoms with Crippen LogP contribution in [-0.4, -0.2) is 29.0 Å². The number of aromatic nitrogens is 2. The van der Waals surface area contributed by atoms with E-state index in [0.29, 0.717) is 28.1 Å².